The monoisotopic (exact) mass is 372 g/mol. The summed E-state index contributed by atoms with van der Waals surface area (Å²) in [6.07, 6.45) is 0. The van der Waals surface area contributed by atoms with Crippen LogP contribution in [0, 0.1) is 17.0 Å². The number of nitrogens with zero attached hydrogens (tertiary/aromatic N) is 3. The van der Waals surface area contributed by atoms with Crippen molar-refractivity contribution in [2.45, 2.75) is 6.92 Å². The first-order valence-electron chi connectivity index (χ1n) is 7.39. The van der Waals surface area contributed by atoms with E-state index in [-0.39, 0.29) is 11.3 Å². The van der Waals surface area contributed by atoms with E-state index in [2.05, 4.69) is 14.1 Å². The molecule has 1 N–H and O–H groups in total. The second-order valence-corrected chi connectivity index (χ2v) is 5.85. The zero-order valence-electron chi connectivity index (χ0n) is 13.5. The van der Waals surface area contributed by atoms with Crippen molar-refractivity contribution in [3.05, 3.63) is 57.6 Å². The number of hydrogen-bond acceptors (Lipinski definition) is 8. The first-order chi connectivity index (χ1) is 12.5. The molecule has 132 valence electrons. The molecule has 0 saturated carbocycles. The zero-order chi connectivity index (χ0) is 18.7. The van der Waals surface area contributed by atoms with Crippen LogP contribution in [0.4, 0.5) is 11.4 Å². The number of fused-ring (bicyclic) bond motifs is 1. The number of benzene rings is 2. The lowest BCUT2D eigenvalue weighted by molar-refractivity contribution is -0.385. The number of esters is 1. The number of carbonyl (C=O) groups excluding carboxylic acids is 2. The molecule has 1 heterocycles. The molecule has 0 saturated heterocycles. The Balaban J connectivity index is 1.64. The molecular formula is C16H12N4O5S. The van der Waals surface area contributed by atoms with E-state index in [1.54, 1.807) is 25.1 Å². The van der Waals surface area contributed by atoms with Crippen LogP contribution in [-0.4, -0.2) is 32.2 Å². The summed E-state index contributed by atoms with van der Waals surface area (Å²) in [4.78, 5) is 34.4. The van der Waals surface area contributed by atoms with Gasteiger partial charge in [0.15, 0.2) is 6.61 Å². The van der Waals surface area contributed by atoms with Crippen molar-refractivity contribution in [1.82, 2.24) is 8.75 Å². The van der Waals surface area contributed by atoms with E-state index in [1.165, 1.54) is 12.1 Å². The lowest BCUT2D eigenvalue weighted by atomic mass is 10.1. The summed E-state index contributed by atoms with van der Waals surface area (Å²) in [6.45, 7) is 1.03. The SMILES string of the molecule is Cc1ccc(C(=O)OCC(=O)Nc2cccc3nsnc23)cc1[N+](=O)[O-]. The van der Waals surface area contributed by atoms with Crippen molar-refractivity contribution in [1.29, 1.82) is 0 Å². The molecule has 0 unspecified atom stereocenters. The molecule has 1 amide bonds. The molecule has 1 aromatic heterocycles. The number of nitrogens with one attached hydrogen (secondary N) is 1. The van der Waals surface area contributed by atoms with Crippen LogP contribution in [0.3, 0.4) is 0 Å². The van der Waals surface area contributed by atoms with Gasteiger partial charge in [-0.2, -0.15) is 8.75 Å². The van der Waals surface area contributed by atoms with Crippen LogP contribution >= 0.6 is 11.7 Å². The van der Waals surface area contributed by atoms with Crippen LogP contribution < -0.4 is 5.32 Å². The van der Waals surface area contributed by atoms with Crippen LogP contribution in [-0.2, 0) is 9.53 Å². The Morgan fingerprint density at radius 1 is 1.27 bits per heavy atom. The summed E-state index contributed by atoms with van der Waals surface area (Å²) in [5.41, 5.74) is 1.90. The average Bonchev–Trinajstić information content (AvgIpc) is 3.09. The molecule has 0 atom stereocenters. The standard InChI is InChI=1S/C16H12N4O5S/c1-9-5-6-10(7-13(9)20(23)24)16(22)25-8-14(21)17-11-3-2-4-12-15(11)19-26-18-12/h2-7H,8H2,1H3,(H,17,21). The van der Waals surface area contributed by atoms with Crippen molar-refractivity contribution < 1.29 is 19.2 Å². The van der Waals surface area contributed by atoms with Crippen LogP contribution in [0.2, 0.25) is 0 Å². The summed E-state index contributed by atoms with van der Waals surface area (Å²) in [5, 5.41) is 13.5. The Morgan fingerprint density at radius 3 is 2.85 bits per heavy atom. The zero-order valence-corrected chi connectivity index (χ0v) is 14.3. The highest BCUT2D eigenvalue weighted by Gasteiger charge is 2.17. The van der Waals surface area contributed by atoms with Crippen LogP contribution in [0.1, 0.15) is 15.9 Å². The van der Waals surface area contributed by atoms with Gasteiger partial charge >= 0.3 is 5.97 Å². The molecule has 0 spiro atoms. The highest BCUT2D eigenvalue weighted by atomic mass is 32.1. The van der Waals surface area contributed by atoms with E-state index in [1.807, 2.05) is 0 Å². The fourth-order valence-electron chi connectivity index (χ4n) is 2.24. The third-order valence-corrected chi connectivity index (χ3v) is 4.08. The molecule has 9 nitrogen and oxygen atoms in total. The van der Waals surface area contributed by atoms with Gasteiger partial charge in [0.05, 0.1) is 27.9 Å². The Kier molecular flexibility index (Phi) is 4.85. The smallest absolute Gasteiger partial charge is 0.338 e. The summed E-state index contributed by atoms with van der Waals surface area (Å²) < 4.78 is 13.1. The number of aryl methyl sites for hydroxylation is 1. The molecule has 0 aliphatic rings. The number of rotatable bonds is 5. The van der Waals surface area contributed by atoms with E-state index in [9.17, 15) is 19.7 Å². The molecule has 26 heavy (non-hydrogen) atoms. The van der Waals surface area contributed by atoms with E-state index in [4.69, 9.17) is 4.74 Å². The molecule has 0 aliphatic carbocycles. The maximum atomic E-state index is 12.0. The van der Waals surface area contributed by atoms with Gasteiger partial charge in [-0.25, -0.2) is 4.79 Å². The minimum absolute atomic E-state index is 0.000836. The first kappa shape index (κ1) is 17.4. The Labute approximate surface area is 151 Å². The van der Waals surface area contributed by atoms with E-state index in [0.29, 0.717) is 22.3 Å². The average molecular weight is 372 g/mol. The molecule has 0 fully saturated rings. The summed E-state index contributed by atoms with van der Waals surface area (Å²) in [7, 11) is 0. The Hall–Kier alpha value is -3.40. The molecule has 0 aliphatic heterocycles. The van der Waals surface area contributed by atoms with Gasteiger partial charge in [-0.1, -0.05) is 12.1 Å². The van der Waals surface area contributed by atoms with Gasteiger partial charge in [0.25, 0.3) is 11.6 Å². The van der Waals surface area contributed by atoms with Crippen molar-refractivity contribution in [2.24, 2.45) is 0 Å². The molecule has 2 aromatic carbocycles. The predicted molar refractivity (Wildman–Crippen MR) is 94.2 cm³/mol. The van der Waals surface area contributed by atoms with Gasteiger partial charge in [-0.3, -0.25) is 14.9 Å². The summed E-state index contributed by atoms with van der Waals surface area (Å²) in [6, 6.07) is 9.12. The molecule has 3 aromatic rings. The maximum Gasteiger partial charge on any atom is 0.338 e. The molecule has 3 rings (SSSR count). The molecule has 0 bridgehead atoms. The normalized spacial score (nSPS) is 10.5. The lowest BCUT2D eigenvalue weighted by Gasteiger charge is -2.07. The summed E-state index contributed by atoms with van der Waals surface area (Å²) in [5.74, 6) is -1.38. The third kappa shape index (κ3) is 3.64. The van der Waals surface area contributed by atoms with Gasteiger partial charge in [0.2, 0.25) is 0 Å². The van der Waals surface area contributed by atoms with Gasteiger partial charge in [0, 0.05) is 11.6 Å². The van der Waals surface area contributed by atoms with Crippen molar-refractivity contribution in [3.8, 4) is 0 Å². The minimum Gasteiger partial charge on any atom is -0.452 e. The topological polar surface area (TPSA) is 124 Å². The van der Waals surface area contributed by atoms with Gasteiger partial charge in [-0.15, -0.1) is 0 Å². The number of amides is 1. The van der Waals surface area contributed by atoms with Gasteiger partial charge in [0.1, 0.15) is 11.0 Å². The van der Waals surface area contributed by atoms with Gasteiger partial charge in [-0.05, 0) is 25.1 Å². The third-order valence-electron chi connectivity index (χ3n) is 3.54. The fraction of sp³-hybridized carbons (Fsp3) is 0.125. The quantitative estimate of drug-likeness (QED) is 0.415. The minimum atomic E-state index is -0.822. The van der Waals surface area contributed by atoms with Crippen molar-refractivity contribution in [2.75, 3.05) is 11.9 Å². The maximum absolute atomic E-state index is 12.0. The Bertz CT molecular complexity index is 1020. The van der Waals surface area contributed by atoms with Crippen LogP contribution in [0.5, 0.6) is 0 Å². The van der Waals surface area contributed by atoms with Crippen molar-refractivity contribution in [3.63, 3.8) is 0 Å². The number of carbonyl (C=O) groups is 2. The predicted octanol–water partition coefficient (Wildman–Crippen LogP) is 2.70. The summed E-state index contributed by atoms with van der Waals surface area (Å²) >= 11 is 1.02. The van der Waals surface area contributed by atoms with E-state index in [0.717, 1.165) is 17.8 Å². The number of aromatic nitrogens is 2. The largest absolute Gasteiger partial charge is 0.452 e. The number of ether oxygens (including phenoxy) is 1. The molecule has 10 heteroatoms. The van der Waals surface area contributed by atoms with E-state index >= 15 is 0 Å². The van der Waals surface area contributed by atoms with Crippen LogP contribution in [0.25, 0.3) is 11.0 Å². The number of nitro groups is 1. The van der Waals surface area contributed by atoms with E-state index < -0.39 is 23.4 Å². The van der Waals surface area contributed by atoms with Crippen molar-refractivity contribution >= 4 is 46.0 Å². The first-order valence-corrected chi connectivity index (χ1v) is 8.12. The lowest BCUT2D eigenvalue weighted by Crippen LogP contribution is -2.21. The molecule has 0 radical (unpaired) electrons. The second kappa shape index (κ2) is 7.23. The highest BCUT2D eigenvalue weighted by Crippen LogP contribution is 2.21. The fourth-order valence-corrected chi connectivity index (χ4v) is 2.79. The Morgan fingerprint density at radius 2 is 2.08 bits per heavy atom. The molecular weight excluding hydrogens is 360 g/mol. The number of anilines is 1. The number of hydrogen-bond donors (Lipinski definition) is 1. The van der Waals surface area contributed by atoms with Gasteiger partial charge < -0.3 is 10.1 Å². The highest BCUT2D eigenvalue weighted by molar-refractivity contribution is 7.00. The number of nitro benzene ring substituents is 1. The second-order valence-electron chi connectivity index (χ2n) is 5.32. The van der Waals surface area contributed by atoms with Crippen LogP contribution in [0.15, 0.2) is 36.4 Å².